The van der Waals surface area contributed by atoms with Gasteiger partial charge in [-0.2, -0.15) is 0 Å². The van der Waals surface area contributed by atoms with Crippen LogP contribution in [0.2, 0.25) is 5.02 Å². The number of hydrogen-bond acceptors (Lipinski definition) is 4. The second kappa shape index (κ2) is 7.50. The Labute approximate surface area is 122 Å². The lowest BCUT2D eigenvalue weighted by atomic mass is 10.3. The van der Waals surface area contributed by atoms with E-state index in [4.69, 9.17) is 21.1 Å². The van der Waals surface area contributed by atoms with Crippen molar-refractivity contribution in [1.82, 2.24) is 4.98 Å². The summed E-state index contributed by atoms with van der Waals surface area (Å²) in [4.78, 5) is 15.6. The molecule has 0 aliphatic rings. The van der Waals surface area contributed by atoms with Crippen molar-refractivity contribution in [2.45, 2.75) is 6.42 Å². The van der Waals surface area contributed by atoms with Gasteiger partial charge in [-0.15, -0.1) is 0 Å². The maximum absolute atomic E-state index is 11.5. The van der Waals surface area contributed by atoms with E-state index < -0.39 is 0 Å². The lowest BCUT2D eigenvalue weighted by Crippen LogP contribution is -2.14. The summed E-state index contributed by atoms with van der Waals surface area (Å²) >= 11 is 5.76. The summed E-state index contributed by atoms with van der Waals surface area (Å²) < 4.78 is 10.5. The number of halogens is 1. The third-order valence-electron chi connectivity index (χ3n) is 2.48. The molecular weight excluding hydrogens is 278 g/mol. The molecule has 0 N–H and O–H groups in total. The lowest BCUT2D eigenvalue weighted by molar-refractivity contribution is -0.143. The van der Waals surface area contributed by atoms with E-state index in [0.29, 0.717) is 23.1 Å². The van der Waals surface area contributed by atoms with Crippen molar-refractivity contribution in [2.75, 3.05) is 13.2 Å². The fourth-order valence-corrected chi connectivity index (χ4v) is 1.67. The van der Waals surface area contributed by atoms with Crippen LogP contribution in [0.4, 0.5) is 0 Å². The molecule has 0 radical (unpaired) electrons. The van der Waals surface area contributed by atoms with E-state index in [9.17, 15) is 4.79 Å². The minimum atomic E-state index is -0.316. The fraction of sp³-hybridized carbons (Fsp3) is 0.200. The van der Waals surface area contributed by atoms with Crippen LogP contribution in [0.5, 0.6) is 5.75 Å². The highest BCUT2D eigenvalue weighted by Gasteiger charge is 2.05. The van der Waals surface area contributed by atoms with Gasteiger partial charge < -0.3 is 9.47 Å². The molecule has 5 heteroatoms. The summed E-state index contributed by atoms with van der Waals surface area (Å²) in [7, 11) is 0. The molecule has 0 spiro atoms. The molecule has 1 aromatic carbocycles. The molecule has 0 aliphatic carbocycles. The molecule has 2 aromatic rings. The standard InChI is InChI=1S/C15H14ClNO3/c16-12-4-6-14(7-5-12)19-9-10-20-15(18)11-13-3-1-2-8-17-13/h1-8H,9-11H2. The monoisotopic (exact) mass is 291 g/mol. The number of carbonyl (C=O) groups is 1. The number of hydrogen-bond donors (Lipinski definition) is 0. The summed E-state index contributed by atoms with van der Waals surface area (Å²) in [6, 6.07) is 12.4. The summed E-state index contributed by atoms with van der Waals surface area (Å²) in [6.07, 6.45) is 1.81. The van der Waals surface area contributed by atoms with Gasteiger partial charge in [-0.1, -0.05) is 17.7 Å². The first-order chi connectivity index (χ1) is 9.74. The summed E-state index contributed by atoms with van der Waals surface area (Å²) in [5.41, 5.74) is 0.691. The predicted molar refractivity (Wildman–Crippen MR) is 75.8 cm³/mol. The molecule has 20 heavy (non-hydrogen) atoms. The van der Waals surface area contributed by atoms with Crippen molar-refractivity contribution in [1.29, 1.82) is 0 Å². The first-order valence-electron chi connectivity index (χ1n) is 6.18. The van der Waals surface area contributed by atoms with Crippen LogP contribution in [0, 0.1) is 0 Å². The molecule has 104 valence electrons. The SMILES string of the molecule is O=C(Cc1ccccn1)OCCOc1ccc(Cl)cc1. The average Bonchev–Trinajstić information content (AvgIpc) is 2.46. The molecule has 4 nitrogen and oxygen atoms in total. The zero-order valence-electron chi connectivity index (χ0n) is 10.8. The van der Waals surface area contributed by atoms with Crippen LogP contribution in [0.15, 0.2) is 48.7 Å². The number of carbonyl (C=O) groups excluding carboxylic acids is 1. The van der Waals surface area contributed by atoms with Gasteiger partial charge in [0.25, 0.3) is 0 Å². The summed E-state index contributed by atoms with van der Waals surface area (Å²) in [6.45, 7) is 0.504. The molecule has 0 amide bonds. The van der Waals surface area contributed by atoms with Gasteiger partial charge in [0.05, 0.1) is 12.1 Å². The highest BCUT2D eigenvalue weighted by Crippen LogP contribution is 2.15. The van der Waals surface area contributed by atoms with E-state index in [-0.39, 0.29) is 19.0 Å². The molecule has 0 fully saturated rings. The van der Waals surface area contributed by atoms with Gasteiger partial charge in [-0.05, 0) is 36.4 Å². The Morgan fingerprint density at radius 2 is 1.90 bits per heavy atom. The van der Waals surface area contributed by atoms with Crippen molar-refractivity contribution < 1.29 is 14.3 Å². The third-order valence-corrected chi connectivity index (χ3v) is 2.73. The molecular formula is C15H14ClNO3. The van der Waals surface area contributed by atoms with Crippen LogP contribution in [-0.2, 0) is 16.0 Å². The molecule has 0 saturated carbocycles. The van der Waals surface area contributed by atoms with E-state index >= 15 is 0 Å². The topological polar surface area (TPSA) is 48.4 Å². The average molecular weight is 292 g/mol. The summed E-state index contributed by atoms with van der Waals surface area (Å²) in [5, 5.41) is 0.652. The fourth-order valence-electron chi connectivity index (χ4n) is 1.55. The molecule has 0 atom stereocenters. The molecule has 2 rings (SSSR count). The Hall–Kier alpha value is -2.07. The largest absolute Gasteiger partial charge is 0.490 e. The number of nitrogens with zero attached hydrogens (tertiary/aromatic N) is 1. The van der Waals surface area contributed by atoms with Crippen molar-refractivity contribution in [3.05, 3.63) is 59.4 Å². The van der Waals surface area contributed by atoms with Gasteiger partial charge in [-0.25, -0.2) is 0 Å². The van der Waals surface area contributed by atoms with Gasteiger partial charge in [-0.3, -0.25) is 9.78 Å². The highest BCUT2D eigenvalue weighted by molar-refractivity contribution is 6.30. The van der Waals surface area contributed by atoms with Crippen molar-refractivity contribution in [3.8, 4) is 5.75 Å². The van der Waals surface area contributed by atoms with Gasteiger partial charge in [0.2, 0.25) is 0 Å². The van der Waals surface area contributed by atoms with Gasteiger partial charge in [0.1, 0.15) is 19.0 Å². The molecule has 0 aliphatic heterocycles. The number of benzene rings is 1. The second-order valence-corrected chi connectivity index (χ2v) is 4.46. The lowest BCUT2D eigenvalue weighted by Gasteiger charge is -2.07. The van der Waals surface area contributed by atoms with Crippen LogP contribution in [0.1, 0.15) is 5.69 Å². The van der Waals surface area contributed by atoms with Crippen LogP contribution in [-0.4, -0.2) is 24.2 Å². The number of ether oxygens (including phenoxy) is 2. The Kier molecular flexibility index (Phi) is 5.38. The van der Waals surface area contributed by atoms with Crippen LogP contribution >= 0.6 is 11.6 Å². The first-order valence-corrected chi connectivity index (χ1v) is 6.56. The van der Waals surface area contributed by atoms with Crippen LogP contribution in [0.3, 0.4) is 0 Å². The molecule has 0 unspecified atom stereocenters. The van der Waals surface area contributed by atoms with Crippen LogP contribution < -0.4 is 4.74 Å². The smallest absolute Gasteiger partial charge is 0.311 e. The van der Waals surface area contributed by atoms with Crippen molar-refractivity contribution in [2.24, 2.45) is 0 Å². The van der Waals surface area contributed by atoms with E-state index in [1.165, 1.54) is 0 Å². The zero-order chi connectivity index (χ0) is 14.2. The van der Waals surface area contributed by atoms with Gasteiger partial charge in [0, 0.05) is 11.2 Å². The van der Waals surface area contributed by atoms with Gasteiger partial charge in [0.15, 0.2) is 0 Å². The molecule has 0 bridgehead atoms. The van der Waals surface area contributed by atoms with E-state index in [1.807, 2.05) is 6.07 Å². The number of esters is 1. The molecule has 1 heterocycles. The maximum Gasteiger partial charge on any atom is 0.311 e. The number of rotatable bonds is 6. The van der Waals surface area contributed by atoms with E-state index in [0.717, 1.165) is 0 Å². The number of pyridine rings is 1. The van der Waals surface area contributed by atoms with E-state index in [1.54, 1.807) is 42.6 Å². The predicted octanol–water partition coefficient (Wildman–Crippen LogP) is 2.90. The zero-order valence-corrected chi connectivity index (χ0v) is 11.5. The second-order valence-electron chi connectivity index (χ2n) is 4.02. The Morgan fingerprint density at radius 1 is 1.10 bits per heavy atom. The maximum atomic E-state index is 11.5. The Morgan fingerprint density at radius 3 is 2.60 bits per heavy atom. The Balaban J connectivity index is 1.66. The van der Waals surface area contributed by atoms with Gasteiger partial charge >= 0.3 is 5.97 Å². The number of aromatic nitrogens is 1. The Bertz CT molecular complexity index is 543. The van der Waals surface area contributed by atoms with Crippen molar-refractivity contribution in [3.63, 3.8) is 0 Å². The quantitative estimate of drug-likeness (QED) is 0.606. The highest BCUT2D eigenvalue weighted by atomic mass is 35.5. The van der Waals surface area contributed by atoms with Crippen molar-refractivity contribution >= 4 is 17.6 Å². The van der Waals surface area contributed by atoms with Crippen LogP contribution in [0.25, 0.3) is 0 Å². The normalized spacial score (nSPS) is 10.1. The third kappa shape index (κ3) is 4.90. The minimum absolute atomic E-state index is 0.168. The first kappa shape index (κ1) is 14.3. The van der Waals surface area contributed by atoms with E-state index in [2.05, 4.69) is 4.98 Å². The molecule has 0 saturated heterocycles. The molecule has 1 aromatic heterocycles. The summed E-state index contributed by atoms with van der Waals surface area (Å²) in [5.74, 6) is 0.374. The minimum Gasteiger partial charge on any atom is -0.490 e.